The molecule has 2 aromatic heterocycles. The molecule has 0 saturated heterocycles. The number of aromatic nitrogens is 2. The summed E-state index contributed by atoms with van der Waals surface area (Å²) < 4.78 is 6.05. The Bertz CT molecular complexity index is 782. The highest BCUT2D eigenvalue weighted by molar-refractivity contribution is 7.20. The predicted octanol–water partition coefficient (Wildman–Crippen LogP) is 7.92. The summed E-state index contributed by atoms with van der Waals surface area (Å²) >= 11 is 6.15. The first-order valence-electron chi connectivity index (χ1n) is 10.3. The van der Waals surface area contributed by atoms with Crippen LogP contribution >= 0.6 is 11.1 Å². The van der Waals surface area contributed by atoms with Crippen molar-refractivity contribution >= 4 is 38.4 Å². The van der Waals surface area contributed by atoms with Gasteiger partial charge in [-0.2, -0.15) is 11.1 Å². The number of hydrogen-bond donors (Lipinski definition) is 3. The molecule has 0 aliphatic rings. The van der Waals surface area contributed by atoms with Gasteiger partial charge in [-0.25, -0.2) is 9.97 Å². The minimum atomic E-state index is -1.80. The van der Waals surface area contributed by atoms with Crippen LogP contribution in [0.2, 0.25) is 36.3 Å². The summed E-state index contributed by atoms with van der Waals surface area (Å²) in [6, 6.07) is 6.83. The fourth-order valence-electron chi connectivity index (χ4n) is 1.33. The SMILES string of the molecule is C.C.CC(C)(C)[Si](C)(C)Cl.CC(C)(C)[Si](C)(C)Oc1cccnc1N.Nc1ncccc1O. The van der Waals surface area contributed by atoms with E-state index in [9.17, 15) is 0 Å². The van der Waals surface area contributed by atoms with Crippen LogP contribution in [0.15, 0.2) is 36.7 Å². The van der Waals surface area contributed by atoms with Gasteiger partial charge < -0.3 is 21.0 Å². The van der Waals surface area contributed by atoms with Crippen LogP contribution in [-0.4, -0.2) is 30.8 Å². The molecule has 0 radical (unpaired) electrons. The number of nitrogens with two attached hydrogens (primary N) is 2. The van der Waals surface area contributed by atoms with E-state index in [0.717, 1.165) is 0 Å². The standard InChI is InChI=1S/C11H20N2OSi.C6H15ClSi.C5H6N2O.2CH4/c1-11(2,3)15(4,5)14-9-7-6-8-13-10(9)12;1-6(2,3)8(4,5)7;6-5-4(8)2-1-3-7-5;;/h6-8H,1-5H3,(H2,12,13);1-5H3;1-3,8H,(H2,6,7);2*1H4. The van der Waals surface area contributed by atoms with Gasteiger partial charge in [-0.3, -0.25) is 0 Å². The smallest absolute Gasteiger partial charge is 0.250 e. The molecule has 0 bridgehead atoms. The van der Waals surface area contributed by atoms with Crippen molar-refractivity contribution in [2.24, 2.45) is 0 Å². The topological polar surface area (TPSA) is 107 Å². The molecule has 2 aromatic rings. The molecule has 2 rings (SSSR count). The van der Waals surface area contributed by atoms with Gasteiger partial charge in [0.15, 0.2) is 24.8 Å². The number of aromatic hydroxyl groups is 1. The molecule has 0 aliphatic heterocycles. The van der Waals surface area contributed by atoms with Gasteiger partial charge in [0, 0.05) is 12.4 Å². The molecule has 0 spiro atoms. The van der Waals surface area contributed by atoms with Crippen LogP contribution in [0.4, 0.5) is 11.6 Å². The van der Waals surface area contributed by atoms with E-state index in [1.54, 1.807) is 12.3 Å². The molecule has 5 N–H and O–H groups in total. The Balaban J connectivity index is -0.000000430. The van der Waals surface area contributed by atoms with E-state index in [2.05, 4.69) is 77.7 Å². The van der Waals surface area contributed by atoms with Gasteiger partial charge in [0.1, 0.15) is 5.75 Å². The number of nitrogen functional groups attached to an aromatic ring is 2. The molecule has 0 saturated carbocycles. The van der Waals surface area contributed by atoms with Gasteiger partial charge in [0.25, 0.3) is 8.32 Å². The van der Waals surface area contributed by atoms with E-state index < -0.39 is 15.7 Å². The average molecular weight is 517 g/mol. The predicted molar refractivity (Wildman–Crippen MR) is 153 cm³/mol. The third-order valence-corrected chi connectivity index (χ3v) is 15.2. The van der Waals surface area contributed by atoms with Crippen molar-refractivity contribution in [3.05, 3.63) is 36.7 Å². The summed E-state index contributed by atoms with van der Waals surface area (Å²) in [5.74, 6) is 1.39. The highest BCUT2D eigenvalue weighted by Crippen LogP contribution is 2.39. The lowest BCUT2D eigenvalue weighted by molar-refractivity contribution is 0.476. The largest absolute Gasteiger partial charge is 0.541 e. The van der Waals surface area contributed by atoms with E-state index in [4.69, 9.17) is 32.1 Å². The van der Waals surface area contributed by atoms with Gasteiger partial charge in [0.2, 0.25) is 0 Å². The van der Waals surface area contributed by atoms with E-state index >= 15 is 0 Å². The van der Waals surface area contributed by atoms with Crippen molar-refractivity contribution in [2.45, 2.75) is 92.7 Å². The Hall–Kier alpha value is -1.78. The fraction of sp³-hybridized carbons (Fsp3) is 0.583. The van der Waals surface area contributed by atoms with Crippen molar-refractivity contribution in [3.63, 3.8) is 0 Å². The van der Waals surface area contributed by atoms with Crippen LogP contribution in [0.5, 0.6) is 11.5 Å². The summed E-state index contributed by atoms with van der Waals surface area (Å²) in [6.45, 7) is 21.9. The number of anilines is 2. The Kier molecular flexibility index (Phi) is 15.0. The maximum atomic E-state index is 8.73. The van der Waals surface area contributed by atoms with Gasteiger partial charge >= 0.3 is 0 Å². The lowest BCUT2D eigenvalue weighted by Crippen LogP contribution is -2.44. The number of pyridine rings is 2. The van der Waals surface area contributed by atoms with Crippen LogP contribution in [0, 0.1) is 0 Å². The summed E-state index contributed by atoms with van der Waals surface area (Å²) in [6.07, 6.45) is 3.20. The molecule has 0 unspecified atom stereocenters. The lowest BCUT2D eigenvalue weighted by Gasteiger charge is -2.36. The van der Waals surface area contributed by atoms with Crippen LogP contribution in [-0.2, 0) is 0 Å². The minimum absolute atomic E-state index is 0. The number of nitrogens with zero attached hydrogens (tertiary/aromatic N) is 2. The molecule has 33 heavy (non-hydrogen) atoms. The Labute approximate surface area is 210 Å². The molecule has 0 aromatic carbocycles. The van der Waals surface area contributed by atoms with Crippen LogP contribution < -0.4 is 15.9 Å². The first-order valence-corrected chi connectivity index (χ1v) is 17.2. The van der Waals surface area contributed by atoms with Crippen molar-refractivity contribution in [1.82, 2.24) is 9.97 Å². The molecular formula is C24H49ClN4O2Si2. The van der Waals surface area contributed by atoms with Crippen LogP contribution in [0.1, 0.15) is 56.4 Å². The monoisotopic (exact) mass is 516 g/mol. The molecule has 0 amide bonds. The van der Waals surface area contributed by atoms with Gasteiger partial charge in [-0.05, 0) is 47.4 Å². The van der Waals surface area contributed by atoms with Crippen molar-refractivity contribution in [1.29, 1.82) is 0 Å². The molecule has 192 valence electrons. The van der Waals surface area contributed by atoms with E-state index in [-0.39, 0.29) is 31.5 Å². The first-order chi connectivity index (χ1) is 13.8. The summed E-state index contributed by atoms with van der Waals surface area (Å²) in [5.41, 5.74) is 10.9. The molecule has 9 heteroatoms. The maximum Gasteiger partial charge on any atom is 0.250 e. The van der Waals surface area contributed by atoms with Crippen molar-refractivity contribution < 1.29 is 9.53 Å². The molecule has 0 fully saturated rings. The van der Waals surface area contributed by atoms with E-state index in [1.807, 2.05) is 12.1 Å². The maximum absolute atomic E-state index is 8.73. The molecule has 6 nitrogen and oxygen atoms in total. The third kappa shape index (κ3) is 12.9. The van der Waals surface area contributed by atoms with Crippen molar-refractivity contribution in [3.8, 4) is 11.5 Å². The third-order valence-electron chi connectivity index (χ3n) is 5.57. The summed E-state index contributed by atoms with van der Waals surface area (Å²) in [7, 11) is -3.18. The van der Waals surface area contributed by atoms with Gasteiger partial charge in [-0.15, -0.1) is 0 Å². The minimum Gasteiger partial charge on any atom is -0.541 e. The first kappa shape index (κ1) is 35.8. The number of halogens is 1. The summed E-state index contributed by atoms with van der Waals surface area (Å²) in [4.78, 5) is 7.63. The second kappa shape index (κ2) is 13.8. The zero-order valence-electron chi connectivity index (χ0n) is 20.7. The molecule has 0 aliphatic carbocycles. The lowest BCUT2D eigenvalue weighted by atomic mass is 10.2. The second-order valence-electron chi connectivity index (χ2n) is 10.4. The average Bonchev–Trinajstić information content (AvgIpc) is 2.58. The second-order valence-corrected chi connectivity index (χ2v) is 22.4. The number of rotatable bonds is 2. The normalized spacial score (nSPS) is 11.4. The van der Waals surface area contributed by atoms with E-state index in [1.165, 1.54) is 12.3 Å². The van der Waals surface area contributed by atoms with Crippen LogP contribution in [0.25, 0.3) is 0 Å². The quantitative estimate of drug-likeness (QED) is 0.276. The fourth-order valence-corrected chi connectivity index (χ4v) is 2.35. The van der Waals surface area contributed by atoms with Gasteiger partial charge in [-0.1, -0.05) is 69.5 Å². The molecule has 0 atom stereocenters. The zero-order chi connectivity index (χ0) is 24.7. The van der Waals surface area contributed by atoms with Crippen LogP contribution in [0.3, 0.4) is 0 Å². The Morgan fingerprint density at radius 1 is 0.818 bits per heavy atom. The molecular weight excluding hydrogens is 468 g/mol. The van der Waals surface area contributed by atoms with Crippen molar-refractivity contribution in [2.75, 3.05) is 11.5 Å². The zero-order valence-corrected chi connectivity index (χ0v) is 23.5. The highest BCUT2D eigenvalue weighted by atomic mass is 35.6. The molecule has 2 heterocycles. The summed E-state index contributed by atoms with van der Waals surface area (Å²) in [5, 5.41) is 9.25. The van der Waals surface area contributed by atoms with Gasteiger partial charge in [0.05, 0.1) is 0 Å². The Morgan fingerprint density at radius 3 is 1.48 bits per heavy atom. The highest BCUT2D eigenvalue weighted by Gasteiger charge is 2.39. The number of hydrogen-bond acceptors (Lipinski definition) is 6. The Morgan fingerprint density at radius 2 is 1.21 bits per heavy atom. The van der Waals surface area contributed by atoms with E-state index in [0.29, 0.717) is 16.6 Å².